The van der Waals surface area contributed by atoms with Gasteiger partial charge in [-0.25, -0.2) is 9.59 Å². The Hall–Kier alpha value is -1.50. The van der Waals surface area contributed by atoms with Gasteiger partial charge in [-0.15, -0.1) is 0 Å². The van der Waals surface area contributed by atoms with Crippen LogP contribution in [0.4, 0.5) is 9.59 Å². The molecule has 0 aliphatic heterocycles. The SMILES string of the molecule is CC(C)(C)OC(=O)NCC(CNC(=O)OC(C)(C)C)NC1CC1. The number of hydrogen-bond donors (Lipinski definition) is 3. The minimum absolute atomic E-state index is 0.0671. The molecule has 2 amide bonds. The topological polar surface area (TPSA) is 88.7 Å². The van der Waals surface area contributed by atoms with E-state index in [4.69, 9.17) is 9.47 Å². The number of nitrogens with one attached hydrogen (secondary N) is 3. The van der Waals surface area contributed by atoms with Gasteiger partial charge in [0.1, 0.15) is 11.2 Å². The minimum Gasteiger partial charge on any atom is -0.444 e. The molecular formula is C16H31N3O4. The molecular weight excluding hydrogens is 298 g/mol. The van der Waals surface area contributed by atoms with Crippen LogP contribution in [0.2, 0.25) is 0 Å². The van der Waals surface area contributed by atoms with Crippen LogP contribution in [0.25, 0.3) is 0 Å². The molecule has 134 valence electrons. The first kappa shape index (κ1) is 19.5. The fraction of sp³-hybridized carbons (Fsp3) is 0.875. The van der Waals surface area contributed by atoms with Crippen LogP contribution in [-0.2, 0) is 9.47 Å². The number of ether oxygens (including phenoxy) is 2. The highest BCUT2D eigenvalue weighted by Crippen LogP contribution is 2.19. The molecule has 0 bridgehead atoms. The van der Waals surface area contributed by atoms with E-state index in [-0.39, 0.29) is 6.04 Å². The van der Waals surface area contributed by atoms with E-state index in [9.17, 15) is 9.59 Å². The molecule has 1 aliphatic carbocycles. The van der Waals surface area contributed by atoms with Crippen molar-refractivity contribution in [2.24, 2.45) is 0 Å². The highest BCUT2D eigenvalue weighted by molar-refractivity contribution is 5.68. The summed E-state index contributed by atoms with van der Waals surface area (Å²) in [4.78, 5) is 23.4. The van der Waals surface area contributed by atoms with Gasteiger partial charge in [-0.2, -0.15) is 0 Å². The van der Waals surface area contributed by atoms with Crippen molar-refractivity contribution in [2.75, 3.05) is 13.1 Å². The molecule has 0 aromatic rings. The van der Waals surface area contributed by atoms with E-state index in [0.29, 0.717) is 19.1 Å². The maximum Gasteiger partial charge on any atom is 0.407 e. The van der Waals surface area contributed by atoms with E-state index in [0.717, 1.165) is 12.8 Å². The van der Waals surface area contributed by atoms with Crippen LogP contribution in [0.3, 0.4) is 0 Å². The zero-order chi connectivity index (χ0) is 17.7. The van der Waals surface area contributed by atoms with E-state index in [1.807, 2.05) is 41.5 Å². The number of hydrogen-bond acceptors (Lipinski definition) is 5. The first-order valence-electron chi connectivity index (χ1n) is 8.14. The monoisotopic (exact) mass is 329 g/mol. The molecule has 1 aliphatic rings. The Morgan fingerprint density at radius 1 is 0.913 bits per heavy atom. The Kier molecular flexibility index (Phi) is 6.68. The summed E-state index contributed by atoms with van der Waals surface area (Å²) in [6, 6.07) is 0.392. The third-order valence-electron chi connectivity index (χ3n) is 2.83. The normalized spacial score (nSPS) is 15.3. The second kappa shape index (κ2) is 7.86. The first-order valence-corrected chi connectivity index (χ1v) is 8.14. The van der Waals surface area contributed by atoms with Crippen LogP contribution < -0.4 is 16.0 Å². The Morgan fingerprint density at radius 3 is 1.61 bits per heavy atom. The summed E-state index contributed by atoms with van der Waals surface area (Å²) in [5, 5.41) is 8.84. The molecule has 0 heterocycles. The number of carbonyl (C=O) groups is 2. The molecule has 0 unspecified atom stereocenters. The van der Waals surface area contributed by atoms with Crippen LogP contribution in [0.5, 0.6) is 0 Å². The van der Waals surface area contributed by atoms with E-state index < -0.39 is 23.4 Å². The summed E-state index contributed by atoms with van der Waals surface area (Å²) in [6.07, 6.45) is 1.32. The quantitative estimate of drug-likeness (QED) is 0.695. The predicted molar refractivity (Wildman–Crippen MR) is 88.4 cm³/mol. The molecule has 1 rings (SSSR count). The number of rotatable bonds is 6. The summed E-state index contributed by atoms with van der Waals surface area (Å²) in [7, 11) is 0. The van der Waals surface area contributed by atoms with E-state index in [1.165, 1.54) is 0 Å². The molecule has 1 saturated carbocycles. The van der Waals surface area contributed by atoms with Gasteiger partial charge in [0, 0.05) is 25.2 Å². The van der Waals surface area contributed by atoms with Crippen molar-refractivity contribution >= 4 is 12.2 Å². The van der Waals surface area contributed by atoms with Crippen molar-refractivity contribution in [3.63, 3.8) is 0 Å². The predicted octanol–water partition coefficient (Wildman–Crippen LogP) is 2.16. The summed E-state index contributed by atoms with van der Waals surface area (Å²) >= 11 is 0. The zero-order valence-corrected chi connectivity index (χ0v) is 15.1. The molecule has 0 radical (unpaired) electrons. The maximum absolute atomic E-state index is 11.7. The average Bonchev–Trinajstić information content (AvgIpc) is 3.12. The van der Waals surface area contributed by atoms with E-state index in [2.05, 4.69) is 16.0 Å². The third kappa shape index (κ3) is 10.8. The van der Waals surface area contributed by atoms with Crippen molar-refractivity contribution in [2.45, 2.75) is 77.7 Å². The van der Waals surface area contributed by atoms with Gasteiger partial charge in [0.2, 0.25) is 0 Å². The Labute approximate surface area is 138 Å². The minimum atomic E-state index is -0.529. The lowest BCUT2D eigenvalue weighted by atomic mass is 10.2. The van der Waals surface area contributed by atoms with Gasteiger partial charge < -0.3 is 25.4 Å². The van der Waals surface area contributed by atoms with Gasteiger partial charge in [-0.3, -0.25) is 0 Å². The molecule has 0 aromatic heterocycles. The third-order valence-corrected chi connectivity index (χ3v) is 2.83. The van der Waals surface area contributed by atoms with Gasteiger partial charge in [-0.05, 0) is 54.4 Å². The van der Waals surface area contributed by atoms with Crippen molar-refractivity contribution in [1.82, 2.24) is 16.0 Å². The Morgan fingerprint density at radius 2 is 1.30 bits per heavy atom. The average molecular weight is 329 g/mol. The lowest BCUT2D eigenvalue weighted by Crippen LogP contribution is -2.49. The zero-order valence-electron chi connectivity index (χ0n) is 15.1. The molecule has 0 spiro atoms. The van der Waals surface area contributed by atoms with Crippen molar-refractivity contribution < 1.29 is 19.1 Å². The first-order chi connectivity index (χ1) is 10.4. The van der Waals surface area contributed by atoms with Gasteiger partial charge in [0.15, 0.2) is 0 Å². The fourth-order valence-electron chi connectivity index (χ4n) is 1.81. The molecule has 1 fully saturated rings. The number of alkyl carbamates (subject to hydrolysis) is 2. The van der Waals surface area contributed by atoms with Gasteiger partial charge in [0.05, 0.1) is 0 Å². The molecule has 0 saturated heterocycles. The van der Waals surface area contributed by atoms with Gasteiger partial charge in [0.25, 0.3) is 0 Å². The molecule has 7 heteroatoms. The van der Waals surface area contributed by atoms with E-state index in [1.54, 1.807) is 0 Å². The lowest BCUT2D eigenvalue weighted by molar-refractivity contribution is 0.0515. The van der Waals surface area contributed by atoms with Crippen molar-refractivity contribution in [3.05, 3.63) is 0 Å². The summed E-state index contributed by atoms with van der Waals surface area (Å²) in [5.41, 5.74) is -1.06. The number of amides is 2. The second-order valence-electron chi connectivity index (χ2n) is 7.90. The standard InChI is InChI=1S/C16H31N3O4/c1-15(2,3)22-13(20)17-9-12(19-11-7-8-11)10-18-14(21)23-16(4,5)6/h11-12,19H,7-10H2,1-6H3,(H,17,20)(H,18,21). The maximum atomic E-state index is 11.7. The summed E-state index contributed by atoms with van der Waals surface area (Å²) in [6.45, 7) is 11.6. The highest BCUT2D eigenvalue weighted by atomic mass is 16.6. The molecule has 0 aromatic carbocycles. The van der Waals surface area contributed by atoms with E-state index >= 15 is 0 Å². The molecule has 7 nitrogen and oxygen atoms in total. The lowest BCUT2D eigenvalue weighted by Gasteiger charge is -2.24. The van der Waals surface area contributed by atoms with Crippen molar-refractivity contribution in [3.8, 4) is 0 Å². The van der Waals surface area contributed by atoms with Crippen LogP contribution >= 0.6 is 0 Å². The molecule has 3 N–H and O–H groups in total. The van der Waals surface area contributed by atoms with Crippen LogP contribution in [0.15, 0.2) is 0 Å². The Balaban J connectivity index is 2.37. The molecule has 0 atom stereocenters. The Bertz CT molecular complexity index is 377. The van der Waals surface area contributed by atoms with Crippen molar-refractivity contribution in [1.29, 1.82) is 0 Å². The number of carbonyl (C=O) groups excluding carboxylic acids is 2. The summed E-state index contributed by atoms with van der Waals surface area (Å²) < 4.78 is 10.4. The fourth-order valence-corrected chi connectivity index (χ4v) is 1.81. The van der Waals surface area contributed by atoms with Crippen LogP contribution in [0.1, 0.15) is 54.4 Å². The van der Waals surface area contributed by atoms with Gasteiger partial charge in [-0.1, -0.05) is 0 Å². The smallest absolute Gasteiger partial charge is 0.407 e. The second-order valence-corrected chi connectivity index (χ2v) is 7.90. The summed E-state index contributed by atoms with van der Waals surface area (Å²) in [5.74, 6) is 0. The molecule has 23 heavy (non-hydrogen) atoms. The highest BCUT2D eigenvalue weighted by Gasteiger charge is 2.26. The van der Waals surface area contributed by atoms with Crippen LogP contribution in [0, 0.1) is 0 Å². The van der Waals surface area contributed by atoms with Gasteiger partial charge >= 0.3 is 12.2 Å². The van der Waals surface area contributed by atoms with Crippen LogP contribution in [-0.4, -0.2) is 48.6 Å². The largest absolute Gasteiger partial charge is 0.444 e.